The molecular weight excluding hydrogens is 230 g/mol. The molecule has 0 spiro atoms. The summed E-state index contributed by atoms with van der Waals surface area (Å²) < 4.78 is 12.6. The molecule has 1 rings (SSSR count). The van der Waals surface area contributed by atoms with Crippen LogP contribution in [0.2, 0.25) is 0 Å². The summed E-state index contributed by atoms with van der Waals surface area (Å²) in [4.78, 5) is 0. The Morgan fingerprint density at radius 3 is 2.72 bits per heavy atom. The van der Waals surface area contributed by atoms with Crippen molar-refractivity contribution >= 4 is 0 Å². The van der Waals surface area contributed by atoms with E-state index in [1.807, 2.05) is 11.7 Å². The lowest BCUT2D eigenvalue weighted by molar-refractivity contribution is 0.0991. The van der Waals surface area contributed by atoms with E-state index in [9.17, 15) is 0 Å². The van der Waals surface area contributed by atoms with Crippen LogP contribution in [0, 0.1) is 0 Å². The van der Waals surface area contributed by atoms with Crippen LogP contribution in [0.3, 0.4) is 0 Å². The first-order valence-corrected chi connectivity index (χ1v) is 6.46. The Hall–Kier alpha value is -1.07. The van der Waals surface area contributed by atoms with Crippen molar-refractivity contribution in [2.75, 3.05) is 20.8 Å². The SMILES string of the molecule is CCCNC(CC(C)OC)c1c(OC)cnn1C. The van der Waals surface area contributed by atoms with E-state index < -0.39 is 0 Å². The zero-order valence-corrected chi connectivity index (χ0v) is 12.1. The van der Waals surface area contributed by atoms with Crippen molar-refractivity contribution in [2.45, 2.75) is 38.8 Å². The molecule has 5 nitrogen and oxygen atoms in total. The van der Waals surface area contributed by atoms with Crippen molar-refractivity contribution < 1.29 is 9.47 Å². The number of nitrogens with one attached hydrogen (secondary N) is 1. The standard InChI is InChI=1S/C13H25N3O2/c1-6-7-14-11(8-10(2)17-4)13-12(18-5)9-15-16(13)3/h9-11,14H,6-8H2,1-5H3. The molecule has 1 aromatic heterocycles. The van der Waals surface area contributed by atoms with Gasteiger partial charge in [-0.2, -0.15) is 5.10 Å². The average Bonchev–Trinajstić information content (AvgIpc) is 2.75. The molecule has 0 aromatic carbocycles. The highest BCUT2D eigenvalue weighted by Crippen LogP contribution is 2.27. The zero-order chi connectivity index (χ0) is 13.5. The van der Waals surface area contributed by atoms with E-state index in [0.717, 1.165) is 30.8 Å². The van der Waals surface area contributed by atoms with Crippen molar-refractivity contribution in [1.29, 1.82) is 0 Å². The van der Waals surface area contributed by atoms with Crippen LogP contribution in [0.4, 0.5) is 0 Å². The lowest BCUT2D eigenvalue weighted by Crippen LogP contribution is -2.28. The second-order valence-electron chi connectivity index (χ2n) is 4.51. The van der Waals surface area contributed by atoms with E-state index in [2.05, 4.69) is 24.3 Å². The number of nitrogens with zero attached hydrogens (tertiary/aromatic N) is 2. The summed E-state index contributed by atoms with van der Waals surface area (Å²) in [5.41, 5.74) is 1.08. The molecular formula is C13H25N3O2. The summed E-state index contributed by atoms with van der Waals surface area (Å²) in [6.45, 7) is 5.20. The monoisotopic (exact) mass is 255 g/mol. The number of ether oxygens (including phenoxy) is 2. The van der Waals surface area contributed by atoms with Gasteiger partial charge in [0, 0.05) is 14.2 Å². The molecule has 2 atom stereocenters. The van der Waals surface area contributed by atoms with Gasteiger partial charge in [0.25, 0.3) is 0 Å². The van der Waals surface area contributed by atoms with Crippen LogP contribution in [0.25, 0.3) is 0 Å². The summed E-state index contributed by atoms with van der Waals surface area (Å²) in [7, 11) is 5.36. The fourth-order valence-corrected chi connectivity index (χ4v) is 2.02. The summed E-state index contributed by atoms with van der Waals surface area (Å²) in [5.74, 6) is 0.828. The molecule has 0 saturated carbocycles. The zero-order valence-electron chi connectivity index (χ0n) is 12.1. The normalized spacial score (nSPS) is 14.5. The van der Waals surface area contributed by atoms with Crippen LogP contribution in [0.5, 0.6) is 5.75 Å². The van der Waals surface area contributed by atoms with Crippen molar-refractivity contribution in [2.24, 2.45) is 7.05 Å². The van der Waals surface area contributed by atoms with Crippen LogP contribution in [-0.2, 0) is 11.8 Å². The van der Waals surface area contributed by atoms with Crippen LogP contribution in [0.1, 0.15) is 38.4 Å². The van der Waals surface area contributed by atoms with Crippen molar-refractivity contribution in [1.82, 2.24) is 15.1 Å². The number of aryl methyl sites for hydroxylation is 1. The van der Waals surface area contributed by atoms with Crippen molar-refractivity contribution in [3.8, 4) is 5.75 Å². The van der Waals surface area contributed by atoms with E-state index in [4.69, 9.17) is 9.47 Å². The molecule has 0 aliphatic rings. The molecule has 0 saturated heterocycles. The number of methoxy groups -OCH3 is 2. The third-order valence-electron chi connectivity index (χ3n) is 3.11. The minimum Gasteiger partial charge on any atom is -0.493 e. The van der Waals surface area contributed by atoms with E-state index in [0.29, 0.717) is 0 Å². The Morgan fingerprint density at radius 1 is 1.44 bits per heavy atom. The highest BCUT2D eigenvalue weighted by Gasteiger charge is 2.22. The maximum atomic E-state index is 5.38. The van der Waals surface area contributed by atoms with Gasteiger partial charge in [0.05, 0.1) is 31.1 Å². The van der Waals surface area contributed by atoms with Gasteiger partial charge in [-0.15, -0.1) is 0 Å². The molecule has 5 heteroatoms. The molecule has 1 N–H and O–H groups in total. The number of hydrogen-bond acceptors (Lipinski definition) is 4. The van der Waals surface area contributed by atoms with Gasteiger partial charge in [0.1, 0.15) is 0 Å². The summed E-state index contributed by atoms with van der Waals surface area (Å²) >= 11 is 0. The second-order valence-corrected chi connectivity index (χ2v) is 4.51. The molecule has 0 aliphatic heterocycles. The van der Waals surface area contributed by atoms with E-state index in [1.54, 1.807) is 20.4 Å². The Bertz CT molecular complexity index is 352. The van der Waals surface area contributed by atoms with Crippen molar-refractivity contribution in [3.05, 3.63) is 11.9 Å². The maximum absolute atomic E-state index is 5.38. The van der Waals surface area contributed by atoms with Gasteiger partial charge in [-0.3, -0.25) is 4.68 Å². The van der Waals surface area contributed by atoms with Crippen LogP contribution in [0.15, 0.2) is 6.20 Å². The minimum atomic E-state index is 0.193. The molecule has 2 unspecified atom stereocenters. The van der Waals surface area contributed by atoms with Gasteiger partial charge < -0.3 is 14.8 Å². The van der Waals surface area contributed by atoms with Gasteiger partial charge >= 0.3 is 0 Å². The van der Waals surface area contributed by atoms with Gasteiger partial charge in [0.15, 0.2) is 5.75 Å². The minimum absolute atomic E-state index is 0.193. The third kappa shape index (κ3) is 3.71. The first-order valence-electron chi connectivity index (χ1n) is 6.46. The molecule has 0 amide bonds. The fraction of sp³-hybridized carbons (Fsp3) is 0.769. The van der Waals surface area contributed by atoms with Gasteiger partial charge in [0.2, 0.25) is 0 Å². The molecule has 18 heavy (non-hydrogen) atoms. The molecule has 1 aromatic rings. The average molecular weight is 255 g/mol. The fourth-order valence-electron chi connectivity index (χ4n) is 2.02. The largest absolute Gasteiger partial charge is 0.493 e. The van der Waals surface area contributed by atoms with E-state index >= 15 is 0 Å². The summed E-state index contributed by atoms with van der Waals surface area (Å²) in [6.07, 6.45) is 3.94. The first kappa shape index (κ1) is 15.0. The Morgan fingerprint density at radius 2 is 2.17 bits per heavy atom. The number of hydrogen-bond donors (Lipinski definition) is 1. The van der Waals surface area contributed by atoms with Gasteiger partial charge in [-0.25, -0.2) is 0 Å². The number of aromatic nitrogens is 2. The predicted octanol–water partition coefficient (Wildman–Crippen LogP) is 1.89. The Kier molecular flexibility index (Phi) is 6.15. The highest BCUT2D eigenvalue weighted by atomic mass is 16.5. The first-order chi connectivity index (χ1) is 8.63. The molecule has 0 bridgehead atoms. The Labute approximate surface area is 109 Å². The molecule has 104 valence electrons. The predicted molar refractivity (Wildman–Crippen MR) is 71.9 cm³/mol. The summed E-state index contributed by atoms with van der Waals surface area (Å²) in [6, 6.07) is 0.197. The van der Waals surface area contributed by atoms with E-state index in [1.165, 1.54) is 0 Å². The second kappa shape index (κ2) is 7.38. The molecule has 1 heterocycles. The maximum Gasteiger partial charge on any atom is 0.161 e. The molecule has 0 aliphatic carbocycles. The summed E-state index contributed by atoms with van der Waals surface area (Å²) in [5, 5.41) is 7.79. The molecule has 0 fully saturated rings. The Balaban J connectivity index is 2.89. The van der Waals surface area contributed by atoms with Crippen molar-refractivity contribution in [3.63, 3.8) is 0 Å². The van der Waals surface area contributed by atoms with Crippen LogP contribution in [-0.4, -0.2) is 36.6 Å². The lowest BCUT2D eigenvalue weighted by Gasteiger charge is -2.22. The topological polar surface area (TPSA) is 48.3 Å². The third-order valence-corrected chi connectivity index (χ3v) is 3.11. The lowest BCUT2D eigenvalue weighted by atomic mass is 10.1. The quantitative estimate of drug-likeness (QED) is 0.770. The smallest absolute Gasteiger partial charge is 0.161 e. The molecule has 0 radical (unpaired) electrons. The highest BCUT2D eigenvalue weighted by molar-refractivity contribution is 5.28. The van der Waals surface area contributed by atoms with E-state index in [-0.39, 0.29) is 12.1 Å². The number of rotatable bonds is 8. The van der Waals surface area contributed by atoms with Gasteiger partial charge in [-0.05, 0) is 26.3 Å². The van der Waals surface area contributed by atoms with Gasteiger partial charge in [-0.1, -0.05) is 6.92 Å². The van der Waals surface area contributed by atoms with Crippen LogP contribution < -0.4 is 10.1 Å². The van der Waals surface area contributed by atoms with Crippen LogP contribution >= 0.6 is 0 Å².